The summed E-state index contributed by atoms with van der Waals surface area (Å²) in [5, 5.41) is 0.259. The van der Waals surface area contributed by atoms with Gasteiger partial charge in [0.2, 0.25) is 12.6 Å². The lowest BCUT2D eigenvalue weighted by molar-refractivity contribution is 1.01. The van der Waals surface area contributed by atoms with E-state index in [0.29, 0.717) is 11.5 Å². The molecule has 1 rings (SSSR count). The second-order valence-electron chi connectivity index (χ2n) is 2.04. The summed E-state index contributed by atoms with van der Waals surface area (Å²) in [6.07, 6.45) is 0. The molecule has 0 aliphatic heterocycles. The van der Waals surface area contributed by atoms with Crippen LogP contribution in [0.4, 0.5) is 0 Å². The van der Waals surface area contributed by atoms with Crippen molar-refractivity contribution in [2.24, 2.45) is 0 Å². The minimum atomic E-state index is 0.259. The van der Waals surface area contributed by atoms with Gasteiger partial charge in [0.05, 0.1) is 5.72 Å². The first-order valence-corrected chi connectivity index (χ1v) is 4.21. The second-order valence-corrected chi connectivity index (χ2v) is 2.83. The first-order valence-electron chi connectivity index (χ1n) is 3.20. The molecule has 1 aromatic heterocycles. The molecule has 0 unspecified atom stereocenters. The van der Waals surface area contributed by atoms with Crippen LogP contribution in [0.5, 0.6) is 0 Å². The number of aryl methyl sites for hydroxylation is 1. The Morgan fingerprint density at radius 3 is 2.73 bits per heavy atom. The van der Waals surface area contributed by atoms with E-state index < -0.39 is 0 Å². The van der Waals surface area contributed by atoms with E-state index >= 15 is 0 Å². The van der Waals surface area contributed by atoms with Crippen molar-refractivity contribution in [2.45, 2.75) is 6.92 Å². The van der Waals surface area contributed by atoms with Crippen molar-refractivity contribution in [3.8, 4) is 0 Å². The lowest BCUT2D eigenvalue weighted by Crippen LogP contribution is -2.25. The molecule has 0 aliphatic rings. The molecule has 0 aromatic carbocycles. The minimum absolute atomic E-state index is 0.259. The summed E-state index contributed by atoms with van der Waals surface area (Å²) in [5.74, 6) is 0.654. The van der Waals surface area contributed by atoms with Gasteiger partial charge in [-0.3, -0.25) is 0 Å². The molecule has 11 heavy (non-hydrogen) atoms. The highest BCUT2D eigenvalue weighted by Gasteiger charge is 2.00. The van der Waals surface area contributed by atoms with Gasteiger partial charge in [0.25, 0.3) is 0 Å². The van der Waals surface area contributed by atoms with Gasteiger partial charge in [-0.05, 0) is 24.2 Å². The fourth-order valence-corrected chi connectivity index (χ4v) is 1.13. The van der Waals surface area contributed by atoms with Gasteiger partial charge < -0.3 is 0 Å². The third-order valence-electron chi connectivity index (χ3n) is 1.10. The van der Waals surface area contributed by atoms with Gasteiger partial charge >= 0.3 is 0 Å². The van der Waals surface area contributed by atoms with Crippen molar-refractivity contribution in [2.75, 3.05) is 5.65 Å². The molecule has 58 valence electrons. The lowest BCUT2D eigenvalue weighted by atomic mass is 9.81. The summed E-state index contributed by atoms with van der Waals surface area (Å²) in [4.78, 5) is 11.8. The number of halogens is 1. The fraction of sp³-hybridized carbons (Fsp3) is 0.400. The predicted molar refractivity (Wildman–Crippen MR) is 50.2 cm³/mol. The Balaban J connectivity index is 2.89. The van der Waals surface area contributed by atoms with E-state index in [9.17, 15) is 0 Å². The van der Waals surface area contributed by atoms with E-state index in [2.05, 4.69) is 27.6 Å². The number of nitrogens with zero attached hydrogens (tertiary/aromatic N) is 3. The molecule has 0 saturated heterocycles. The molecule has 0 atom stereocenters. The van der Waals surface area contributed by atoms with E-state index in [1.165, 1.54) is 0 Å². The first kappa shape index (κ1) is 8.81. The van der Waals surface area contributed by atoms with Gasteiger partial charge in [0, 0.05) is 0 Å². The molecule has 0 bridgehead atoms. The Morgan fingerprint density at radius 1 is 1.45 bits per heavy atom. The molecule has 1 heterocycles. The summed E-state index contributed by atoms with van der Waals surface area (Å²) in [5.41, 5.74) is 1.43. The van der Waals surface area contributed by atoms with Crippen LogP contribution >= 0.6 is 24.2 Å². The van der Waals surface area contributed by atoms with Crippen molar-refractivity contribution in [3.05, 3.63) is 11.1 Å². The highest BCUT2D eigenvalue weighted by molar-refractivity contribution is 7.81. The maximum Gasteiger partial charge on any atom is 0.224 e. The van der Waals surface area contributed by atoms with Crippen LogP contribution in [-0.2, 0) is 0 Å². The number of thiol groups is 1. The van der Waals surface area contributed by atoms with Crippen LogP contribution in [0, 0.1) is 6.92 Å². The van der Waals surface area contributed by atoms with Gasteiger partial charge in [-0.25, -0.2) is 15.0 Å². The topological polar surface area (TPSA) is 38.7 Å². The molecule has 0 saturated carbocycles. The molecule has 3 nitrogen and oxygen atoms in total. The molecule has 0 radical (unpaired) electrons. The molecule has 0 fully saturated rings. The molecule has 1 aromatic rings. The number of hydrogen-bond acceptors (Lipinski definition) is 4. The molecular weight excluding hydrogens is 180 g/mol. The van der Waals surface area contributed by atoms with Crippen LogP contribution in [0.1, 0.15) is 5.82 Å². The Labute approximate surface area is 76.3 Å². The van der Waals surface area contributed by atoms with Gasteiger partial charge in [0.15, 0.2) is 0 Å². The third-order valence-corrected chi connectivity index (χ3v) is 1.49. The zero-order chi connectivity index (χ0) is 8.27. The van der Waals surface area contributed by atoms with E-state index in [0.717, 1.165) is 12.9 Å². The van der Waals surface area contributed by atoms with Crippen LogP contribution in [0.3, 0.4) is 0 Å². The monoisotopic (exact) mass is 187 g/mol. The molecule has 0 spiro atoms. The van der Waals surface area contributed by atoms with Crippen molar-refractivity contribution >= 4 is 37.2 Å². The first-order chi connectivity index (χ1) is 5.22. The zero-order valence-corrected chi connectivity index (χ0v) is 7.73. The van der Waals surface area contributed by atoms with Gasteiger partial charge in [0.1, 0.15) is 5.82 Å². The normalized spacial score (nSPS) is 9.73. The Morgan fingerprint density at radius 2 is 2.18 bits per heavy atom. The van der Waals surface area contributed by atoms with Crippen LogP contribution < -0.4 is 5.72 Å². The van der Waals surface area contributed by atoms with Crippen molar-refractivity contribution in [1.29, 1.82) is 0 Å². The largest absolute Gasteiger partial charge is 0.229 e. The van der Waals surface area contributed by atoms with Crippen LogP contribution in [0.25, 0.3) is 0 Å². The Hall–Kier alpha value is -0.285. The lowest BCUT2D eigenvalue weighted by Gasteiger charge is -1.96. The van der Waals surface area contributed by atoms with Crippen LogP contribution in [0.15, 0.2) is 0 Å². The maximum atomic E-state index is 5.60. The molecule has 0 aliphatic carbocycles. The minimum Gasteiger partial charge on any atom is -0.229 e. The van der Waals surface area contributed by atoms with Crippen molar-refractivity contribution in [1.82, 2.24) is 15.0 Å². The molecule has 0 amide bonds. The third kappa shape index (κ3) is 2.67. The molecule has 0 N–H and O–H groups in total. The highest BCUT2D eigenvalue weighted by atomic mass is 35.5. The number of aromatic nitrogens is 3. The standard InChI is InChI=1S/C5H7BClN3S/c1-3-8-4(6-2-11)10-5(7)9-3/h6,11H,2H2,1H3. The van der Waals surface area contributed by atoms with Crippen LogP contribution in [-0.4, -0.2) is 27.9 Å². The van der Waals surface area contributed by atoms with Gasteiger partial charge in [-0.15, -0.1) is 0 Å². The summed E-state index contributed by atoms with van der Waals surface area (Å²) < 4.78 is 0. The maximum absolute atomic E-state index is 5.60. The van der Waals surface area contributed by atoms with Gasteiger partial charge in [-0.1, -0.05) is 0 Å². The quantitative estimate of drug-likeness (QED) is 0.514. The highest BCUT2D eigenvalue weighted by Crippen LogP contribution is 1.94. The van der Waals surface area contributed by atoms with E-state index in [4.69, 9.17) is 11.6 Å². The summed E-state index contributed by atoms with van der Waals surface area (Å²) >= 11 is 9.66. The summed E-state index contributed by atoms with van der Waals surface area (Å²) in [6.45, 7) is 1.79. The number of rotatable bonds is 2. The average Bonchev–Trinajstić information content (AvgIpc) is 1.85. The summed E-state index contributed by atoms with van der Waals surface area (Å²) in [7, 11) is 0.728. The fourth-order valence-electron chi connectivity index (χ4n) is 0.714. The Kier molecular flexibility index (Phi) is 3.14. The second kappa shape index (κ2) is 3.92. The smallest absolute Gasteiger partial charge is 0.224 e. The SMILES string of the molecule is Cc1nc(Cl)nc(BCS)n1. The summed E-state index contributed by atoms with van der Waals surface area (Å²) in [6, 6.07) is 0. The van der Waals surface area contributed by atoms with E-state index in [-0.39, 0.29) is 5.28 Å². The van der Waals surface area contributed by atoms with Crippen molar-refractivity contribution in [3.63, 3.8) is 0 Å². The Bertz CT molecular complexity index is 237. The van der Waals surface area contributed by atoms with Crippen molar-refractivity contribution < 1.29 is 0 Å². The predicted octanol–water partition coefficient (Wildman–Crippen LogP) is -0.217. The molecular formula is C5H7BClN3S. The van der Waals surface area contributed by atoms with Crippen LogP contribution in [0.2, 0.25) is 5.28 Å². The van der Waals surface area contributed by atoms with E-state index in [1.54, 1.807) is 6.92 Å². The number of hydrogen-bond donors (Lipinski definition) is 1. The average molecular weight is 187 g/mol. The van der Waals surface area contributed by atoms with Gasteiger partial charge in [-0.2, -0.15) is 12.6 Å². The van der Waals surface area contributed by atoms with E-state index in [1.807, 2.05) is 0 Å². The zero-order valence-electron chi connectivity index (χ0n) is 6.08. The molecule has 6 heteroatoms.